The Morgan fingerprint density at radius 3 is 2.10 bits per heavy atom. The lowest BCUT2D eigenvalue weighted by molar-refractivity contribution is -0.136. The molecular formula is C22H26ClNO4S. The van der Waals surface area contributed by atoms with Crippen LogP contribution in [0.15, 0.2) is 53.4 Å². The summed E-state index contributed by atoms with van der Waals surface area (Å²) in [6.45, 7) is 4.74. The lowest BCUT2D eigenvalue weighted by Crippen LogP contribution is -2.51. The third-order valence-corrected chi connectivity index (χ3v) is 7.09. The van der Waals surface area contributed by atoms with Gasteiger partial charge in [-0.3, -0.25) is 4.79 Å². The van der Waals surface area contributed by atoms with Crippen molar-refractivity contribution in [2.24, 2.45) is 10.8 Å². The van der Waals surface area contributed by atoms with Crippen LogP contribution in [-0.2, 0) is 27.7 Å². The highest BCUT2D eigenvalue weighted by Crippen LogP contribution is 2.55. The second kappa shape index (κ2) is 8.09. The van der Waals surface area contributed by atoms with Gasteiger partial charge in [0.15, 0.2) is 0 Å². The van der Waals surface area contributed by atoms with Crippen LogP contribution in [0.2, 0.25) is 5.02 Å². The molecule has 1 fully saturated rings. The summed E-state index contributed by atoms with van der Waals surface area (Å²) in [4.78, 5) is 11.1. The first kappa shape index (κ1) is 21.8. The maximum Gasteiger partial charge on any atom is 0.307 e. The van der Waals surface area contributed by atoms with E-state index in [9.17, 15) is 13.2 Å². The molecule has 2 N–H and O–H groups in total. The highest BCUT2D eigenvalue weighted by molar-refractivity contribution is 7.89. The third-order valence-electron chi connectivity index (χ3n) is 5.43. The van der Waals surface area contributed by atoms with E-state index in [1.54, 1.807) is 12.1 Å². The number of carbonyl (C=O) groups is 1. The number of halogens is 1. The Balaban J connectivity index is 1.72. The van der Waals surface area contributed by atoms with Gasteiger partial charge >= 0.3 is 5.97 Å². The first-order valence-corrected chi connectivity index (χ1v) is 11.4. The number of carboxylic acid groups (broad SMARTS) is 1. The topological polar surface area (TPSA) is 83.5 Å². The number of hydrogen-bond acceptors (Lipinski definition) is 3. The molecule has 0 saturated heterocycles. The van der Waals surface area contributed by atoms with Crippen LogP contribution in [0.3, 0.4) is 0 Å². The lowest BCUT2D eigenvalue weighted by atomic mass is 9.52. The lowest BCUT2D eigenvalue weighted by Gasteiger charge is -2.54. The number of rotatable bonds is 8. The first-order valence-electron chi connectivity index (χ1n) is 9.54. The number of carboxylic acids is 1. The summed E-state index contributed by atoms with van der Waals surface area (Å²) in [5.74, 6) is -0.855. The Morgan fingerprint density at radius 2 is 1.59 bits per heavy atom. The van der Waals surface area contributed by atoms with Crippen LogP contribution in [-0.4, -0.2) is 26.0 Å². The van der Waals surface area contributed by atoms with Gasteiger partial charge in [-0.05, 0) is 65.5 Å². The molecule has 0 heterocycles. The summed E-state index contributed by atoms with van der Waals surface area (Å²) in [5, 5.41) is 9.40. The maximum atomic E-state index is 12.7. The summed E-state index contributed by atoms with van der Waals surface area (Å²) >= 11 is 5.86. The fraction of sp³-hybridized carbons (Fsp3) is 0.409. The zero-order valence-electron chi connectivity index (χ0n) is 16.6. The van der Waals surface area contributed by atoms with Gasteiger partial charge in [-0.1, -0.05) is 49.7 Å². The first-order chi connectivity index (χ1) is 13.5. The zero-order chi connectivity index (χ0) is 21.3. The van der Waals surface area contributed by atoms with E-state index in [0.717, 1.165) is 30.4 Å². The molecule has 0 aliphatic heterocycles. The quantitative estimate of drug-likeness (QED) is 0.647. The van der Waals surface area contributed by atoms with Crippen molar-refractivity contribution >= 4 is 27.6 Å². The van der Waals surface area contributed by atoms with Crippen LogP contribution >= 0.6 is 11.6 Å². The largest absolute Gasteiger partial charge is 0.481 e. The summed E-state index contributed by atoms with van der Waals surface area (Å²) < 4.78 is 28.1. The predicted molar refractivity (Wildman–Crippen MR) is 114 cm³/mol. The van der Waals surface area contributed by atoms with Crippen LogP contribution in [0.25, 0.3) is 0 Å². The average molecular weight is 436 g/mol. The van der Waals surface area contributed by atoms with Gasteiger partial charge in [-0.25, -0.2) is 13.1 Å². The smallest absolute Gasteiger partial charge is 0.307 e. The van der Waals surface area contributed by atoms with Crippen molar-refractivity contribution in [2.75, 3.05) is 6.54 Å². The van der Waals surface area contributed by atoms with Crippen molar-refractivity contribution in [3.63, 3.8) is 0 Å². The monoisotopic (exact) mass is 435 g/mol. The van der Waals surface area contributed by atoms with Crippen molar-refractivity contribution in [1.29, 1.82) is 0 Å². The molecule has 29 heavy (non-hydrogen) atoms. The van der Waals surface area contributed by atoms with E-state index in [0.29, 0.717) is 11.6 Å². The highest BCUT2D eigenvalue weighted by atomic mass is 35.5. The summed E-state index contributed by atoms with van der Waals surface area (Å²) in [6, 6.07) is 13.7. The van der Waals surface area contributed by atoms with Gasteiger partial charge in [0, 0.05) is 11.6 Å². The van der Waals surface area contributed by atoms with E-state index in [1.807, 2.05) is 24.3 Å². The summed E-state index contributed by atoms with van der Waals surface area (Å²) in [6.07, 6.45) is 2.58. The van der Waals surface area contributed by atoms with E-state index >= 15 is 0 Å². The van der Waals surface area contributed by atoms with Gasteiger partial charge in [0.05, 0.1) is 11.3 Å². The van der Waals surface area contributed by atoms with Crippen molar-refractivity contribution in [2.45, 2.75) is 44.4 Å². The SMILES string of the molecule is CC1(C)CC(CNS(=O)(=O)c2ccc(Cl)cc2)(Cc2ccc(CC(=O)O)cc2)C1. The van der Waals surface area contributed by atoms with E-state index in [-0.39, 0.29) is 22.1 Å². The van der Waals surface area contributed by atoms with Crippen LogP contribution in [0.4, 0.5) is 0 Å². The molecule has 0 unspecified atom stereocenters. The van der Waals surface area contributed by atoms with Crippen molar-refractivity contribution in [3.05, 3.63) is 64.7 Å². The molecule has 0 aromatic heterocycles. The van der Waals surface area contributed by atoms with Crippen LogP contribution in [0.5, 0.6) is 0 Å². The van der Waals surface area contributed by atoms with Gasteiger partial charge in [-0.2, -0.15) is 0 Å². The maximum absolute atomic E-state index is 12.7. The molecule has 0 amide bonds. The molecule has 7 heteroatoms. The third kappa shape index (κ3) is 5.59. The minimum atomic E-state index is -3.61. The molecule has 1 saturated carbocycles. The van der Waals surface area contributed by atoms with E-state index < -0.39 is 16.0 Å². The minimum Gasteiger partial charge on any atom is -0.481 e. The fourth-order valence-electron chi connectivity index (χ4n) is 4.62. The second-order valence-corrected chi connectivity index (χ2v) is 11.1. The molecule has 5 nitrogen and oxygen atoms in total. The van der Waals surface area contributed by atoms with Gasteiger partial charge in [0.2, 0.25) is 10.0 Å². The molecule has 1 aliphatic rings. The van der Waals surface area contributed by atoms with Gasteiger partial charge in [0.25, 0.3) is 0 Å². The Kier molecular flexibility index (Phi) is 6.08. The zero-order valence-corrected chi connectivity index (χ0v) is 18.2. The van der Waals surface area contributed by atoms with Crippen molar-refractivity contribution < 1.29 is 18.3 Å². The van der Waals surface area contributed by atoms with Crippen molar-refractivity contribution in [1.82, 2.24) is 4.72 Å². The fourth-order valence-corrected chi connectivity index (χ4v) is 5.90. The van der Waals surface area contributed by atoms with Gasteiger partial charge < -0.3 is 5.11 Å². The van der Waals surface area contributed by atoms with Gasteiger partial charge in [0.1, 0.15) is 0 Å². The Labute approximate surface area is 177 Å². The van der Waals surface area contributed by atoms with E-state index in [4.69, 9.17) is 16.7 Å². The van der Waals surface area contributed by atoms with Gasteiger partial charge in [-0.15, -0.1) is 0 Å². The molecule has 156 valence electrons. The standard InChI is InChI=1S/C22H26ClNO4S/c1-21(2)13-22(14-21,12-17-5-3-16(4-6-17)11-20(25)26)15-24-29(27,28)19-9-7-18(23)8-10-19/h3-10,24H,11-15H2,1-2H3,(H,25,26). The molecule has 1 aliphatic carbocycles. The average Bonchev–Trinajstić information content (AvgIpc) is 2.60. The molecule has 2 aromatic rings. The Morgan fingerprint density at radius 1 is 1.03 bits per heavy atom. The number of hydrogen-bond donors (Lipinski definition) is 2. The van der Waals surface area contributed by atoms with E-state index in [2.05, 4.69) is 18.6 Å². The minimum absolute atomic E-state index is 0.000649. The molecular weight excluding hydrogens is 410 g/mol. The Bertz CT molecular complexity index is 974. The molecule has 0 radical (unpaired) electrons. The normalized spacial score (nSPS) is 17.5. The molecule has 2 aromatic carbocycles. The number of nitrogens with one attached hydrogen (secondary N) is 1. The second-order valence-electron chi connectivity index (χ2n) is 8.86. The summed E-state index contributed by atoms with van der Waals surface area (Å²) in [5.41, 5.74) is 1.86. The van der Waals surface area contributed by atoms with Crippen molar-refractivity contribution in [3.8, 4) is 0 Å². The molecule has 3 rings (SSSR count). The van der Waals surface area contributed by atoms with Crippen LogP contribution < -0.4 is 4.72 Å². The number of aliphatic carboxylic acids is 1. The molecule has 0 atom stereocenters. The van der Waals surface area contributed by atoms with E-state index in [1.165, 1.54) is 12.1 Å². The highest BCUT2D eigenvalue weighted by Gasteiger charge is 2.49. The summed E-state index contributed by atoms with van der Waals surface area (Å²) in [7, 11) is -3.61. The number of benzene rings is 2. The molecule has 0 spiro atoms. The Hall–Kier alpha value is -1.89. The molecule has 0 bridgehead atoms. The number of sulfonamides is 1. The van der Waals surface area contributed by atoms with Crippen LogP contribution in [0, 0.1) is 10.8 Å². The van der Waals surface area contributed by atoms with Crippen LogP contribution in [0.1, 0.15) is 37.8 Å². The predicted octanol–water partition coefficient (Wildman–Crippen LogP) is 4.29.